The summed E-state index contributed by atoms with van der Waals surface area (Å²) < 4.78 is 13.2. The third-order valence-corrected chi connectivity index (χ3v) is 4.18. The number of carbonyl (C=O) groups excluding carboxylic acids is 1. The van der Waals surface area contributed by atoms with Gasteiger partial charge in [0.2, 0.25) is 0 Å². The summed E-state index contributed by atoms with van der Waals surface area (Å²) in [6, 6.07) is 11.2. The number of hydrogen-bond donors (Lipinski definition) is 3. The summed E-state index contributed by atoms with van der Waals surface area (Å²) in [6.07, 6.45) is 3.20. The molecule has 3 rings (SSSR count). The highest BCUT2D eigenvalue weighted by molar-refractivity contribution is 6.04. The monoisotopic (exact) mass is 354 g/mol. The first-order chi connectivity index (χ1) is 12.7. The molecular formula is C20H23FN4O. The maximum atomic E-state index is 13.2. The number of amidine groups is 1. The Hall–Kier alpha value is -2.89. The Morgan fingerprint density at radius 2 is 2.00 bits per heavy atom. The summed E-state index contributed by atoms with van der Waals surface area (Å²) in [5, 5.41) is 8.73. The largest absolute Gasteiger partial charge is 0.368 e. The number of amides is 2. The number of aliphatic imine (C=N–C) groups is 1. The number of aryl methyl sites for hydroxylation is 1. The van der Waals surface area contributed by atoms with Crippen LogP contribution in [0.3, 0.4) is 0 Å². The highest BCUT2D eigenvalue weighted by Gasteiger charge is 2.14. The van der Waals surface area contributed by atoms with Crippen LogP contribution in [0.1, 0.15) is 30.9 Å². The van der Waals surface area contributed by atoms with E-state index < -0.39 is 11.8 Å². The Bertz CT molecular complexity index is 819. The van der Waals surface area contributed by atoms with E-state index in [1.165, 1.54) is 17.7 Å². The molecule has 0 bridgehead atoms. The fraction of sp³-hybridized carbons (Fsp3) is 0.300. The van der Waals surface area contributed by atoms with Gasteiger partial charge in [-0.2, -0.15) is 0 Å². The zero-order valence-electron chi connectivity index (χ0n) is 14.8. The van der Waals surface area contributed by atoms with Crippen molar-refractivity contribution in [3.05, 3.63) is 59.4 Å². The van der Waals surface area contributed by atoms with Gasteiger partial charge >= 0.3 is 6.03 Å². The van der Waals surface area contributed by atoms with E-state index in [2.05, 4.69) is 27.9 Å². The molecule has 1 aliphatic rings. The van der Waals surface area contributed by atoms with Gasteiger partial charge in [0.05, 0.1) is 6.54 Å². The van der Waals surface area contributed by atoms with Crippen molar-refractivity contribution in [2.24, 2.45) is 4.99 Å². The van der Waals surface area contributed by atoms with E-state index >= 15 is 0 Å². The fourth-order valence-electron chi connectivity index (χ4n) is 2.90. The van der Waals surface area contributed by atoms with E-state index in [0.717, 1.165) is 43.8 Å². The molecule has 5 nitrogen and oxygen atoms in total. The molecule has 0 radical (unpaired) electrons. The Labute approximate surface area is 152 Å². The van der Waals surface area contributed by atoms with Crippen LogP contribution in [-0.2, 0) is 6.42 Å². The van der Waals surface area contributed by atoms with Crippen LogP contribution in [-0.4, -0.2) is 25.0 Å². The summed E-state index contributed by atoms with van der Waals surface area (Å²) in [5.41, 5.74) is 3.32. The fourth-order valence-corrected chi connectivity index (χ4v) is 2.90. The molecule has 0 atom stereocenters. The molecule has 26 heavy (non-hydrogen) atoms. The first-order valence-electron chi connectivity index (χ1n) is 8.91. The van der Waals surface area contributed by atoms with Crippen LogP contribution >= 0.6 is 0 Å². The van der Waals surface area contributed by atoms with Crippen LogP contribution in [0.15, 0.2) is 47.5 Å². The van der Waals surface area contributed by atoms with E-state index in [4.69, 9.17) is 0 Å². The maximum Gasteiger partial charge on any atom is 0.323 e. The molecule has 0 fully saturated rings. The molecule has 2 aromatic carbocycles. The number of hydrogen-bond acceptors (Lipinski definition) is 3. The predicted molar refractivity (Wildman–Crippen MR) is 104 cm³/mol. The number of rotatable bonds is 6. The highest BCUT2D eigenvalue weighted by Crippen LogP contribution is 2.20. The molecule has 0 unspecified atom stereocenters. The van der Waals surface area contributed by atoms with Gasteiger partial charge in [0.25, 0.3) is 0 Å². The number of anilines is 2. The molecular weight excluding hydrogens is 331 g/mol. The van der Waals surface area contributed by atoms with Gasteiger partial charge in [-0.05, 0) is 48.7 Å². The third kappa shape index (κ3) is 4.59. The number of urea groups is 1. The molecule has 1 aliphatic heterocycles. The number of benzene rings is 2. The van der Waals surface area contributed by atoms with Crippen LogP contribution in [0, 0.1) is 5.82 Å². The number of nitrogens with zero attached hydrogens (tertiary/aromatic N) is 1. The molecule has 3 N–H and O–H groups in total. The van der Waals surface area contributed by atoms with E-state index in [0.29, 0.717) is 11.4 Å². The van der Waals surface area contributed by atoms with Crippen molar-refractivity contribution in [3.63, 3.8) is 0 Å². The molecule has 0 aromatic heterocycles. The second-order valence-electron chi connectivity index (χ2n) is 6.22. The number of nitrogens with one attached hydrogen (secondary N) is 3. The molecule has 2 amide bonds. The second kappa shape index (κ2) is 8.47. The minimum atomic E-state index is -0.413. The van der Waals surface area contributed by atoms with E-state index in [1.807, 2.05) is 18.2 Å². The summed E-state index contributed by atoms with van der Waals surface area (Å²) in [6.45, 7) is 3.76. The van der Waals surface area contributed by atoms with E-state index in [9.17, 15) is 9.18 Å². The third-order valence-electron chi connectivity index (χ3n) is 4.18. The summed E-state index contributed by atoms with van der Waals surface area (Å²) in [4.78, 5) is 16.7. The first kappa shape index (κ1) is 17.9. The van der Waals surface area contributed by atoms with Gasteiger partial charge in [-0.15, -0.1) is 0 Å². The topological polar surface area (TPSA) is 65.5 Å². The van der Waals surface area contributed by atoms with Crippen LogP contribution in [0.4, 0.5) is 20.6 Å². The average Bonchev–Trinajstić information content (AvgIpc) is 3.15. The lowest BCUT2D eigenvalue weighted by Crippen LogP contribution is -2.22. The minimum absolute atomic E-state index is 0.393. The van der Waals surface area contributed by atoms with Gasteiger partial charge in [0.1, 0.15) is 11.7 Å². The summed E-state index contributed by atoms with van der Waals surface area (Å²) in [5.74, 6) is 0.487. The van der Waals surface area contributed by atoms with Crippen molar-refractivity contribution in [2.75, 3.05) is 23.7 Å². The Morgan fingerprint density at radius 1 is 1.19 bits per heavy atom. The van der Waals surface area contributed by atoms with Crippen LogP contribution < -0.4 is 16.0 Å². The summed E-state index contributed by atoms with van der Waals surface area (Å²) in [7, 11) is 0. The average molecular weight is 354 g/mol. The van der Waals surface area contributed by atoms with Gasteiger partial charge in [0.15, 0.2) is 0 Å². The SMILES string of the molecule is CCCCc1ccc(NC(=O)Nc2cccc(F)c2)cc1C1=NCCN1. The van der Waals surface area contributed by atoms with Crippen molar-refractivity contribution >= 4 is 23.2 Å². The molecule has 0 spiro atoms. The van der Waals surface area contributed by atoms with E-state index in [1.54, 1.807) is 12.1 Å². The second-order valence-corrected chi connectivity index (χ2v) is 6.22. The summed E-state index contributed by atoms with van der Waals surface area (Å²) >= 11 is 0. The zero-order valence-corrected chi connectivity index (χ0v) is 14.8. The van der Waals surface area contributed by atoms with E-state index in [-0.39, 0.29) is 0 Å². The molecule has 2 aromatic rings. The smallest absolute Gasteiger partial charge is 0.323 e. The van der Waals surface area contributed by atoms with Crippen LogP contribution in [0.2, 0.25) is 0 Å². The molecule has 6 heteroatoms. The van der Waals surface area contributed by atoms with Crippen molar-refractivity contribution in [1.29, 1.82) is 0 Å². The van der Waals surface area contributed by atoms with Crippen molar-refractivity contribution in [3.8, 4) is 0 Å². The van der Waals surface area contributed by atoms with Gasteiger partial charge in [-0.1, -0.05) is 25.5 Å². The molecule has 0 saturated heterocycles. The highest BCUT2D eigenvalue weighted by atomic mass is 19.1. The van der Waals surface area contributed by atoms with Crippen LogP contribution in [0.5, 0.6) is 0 Å². The van der Waals surface area contributed by atoms with Gasteiger partial charge < -0.3 is 16.0 Å². The predicted octanol–water partition coefficient (Wildman–Crippen LogP) is 4.16. The maximum absolute atomic E-state index is 13.2. The van der Waals surface area contributed by atoms with Crippen molar-refractivity contribution < 1.29 is 9.18 Å². The quantitative estimate of drug-likeness (QED) is 0.729. The zero-order chi connectivity index (χ0) is 18.4. The van der Waals surface area contributed by atoms with Gasteiger partial charge in [-0.3, -0.25) is 4.99 Å². The lowest BCUT2D eigenvalue weighted by atomic mass is 10.0. The molecule has 0 aliphatic carbocycles. The van der Waals surface area contributed by atoms with Crippen molar-refractivity contribution in [1.82, 2.24) is 5.32 Å². The van der Waals surface area contributed by atoms with Gasteiger partial charge in [-0.25, -0.2) is 9.18 Å². The normalized spacial score (nSPS) is 13.1. The first-order valence-corrected chi connectivity index (χ1v) is 8.91. The lowest BCUT2D eigenvalue weighted by Gasteiger charge is -2.13. The number of halogens is 1. The lowest BCUT2D eigenvalue weighted by molar-refractivity contribution is 0.262. The Kier molecular flexibility index (Phi) is 5.84. The molecule has 1 heterocycles. The standard InChI is InChI=1S/C20H23FN4O/c1-2-3-5-14-8-9-17(13-18(14)19-22-10-11-23-19)25-20(26)24-16-7-4-6-15(21)12-16/h4,6-9,12-13H,2-3,5,10-11H2,1H3,(H,22,23)(H2,24,25,26). The Balaban J connectivity index is 1.75. The number of carbonyl (C=O) groups is 1. The van der Waals surface area contributed by atoms with Gasteiger partial charge in [0, 0.05) is 23.5 Å². The minimum Gasteiger partial charge on any atom is -0.368 e. The van der Waals surface area contributed by atoms with Crippen LogP contribution in [0.25, 0.3) is 0 Å². The number of unbranched alkanes of at least 4 members (excludes halogenated alkanes) is 1. The van der Waals surface area contributed by atoms with Crippen molar-refractivity contribution in [2.45, 2.75) is 26.2 Å². The molecule has 0 saturated carbocycles. The Morgan fingerprint density at radius 3 is 2.69 bits per heavy atom. The molecule has 136 valence electrons.